The molecule has 16 heavy (non-hydrogen) atoms. The van der Waals surface area contributed by atoms with E-state index in [1.165, 1.54) is 0 Å². The van der Waals surface area contributed by atoms with Crippen LogP contribution in [0.3, 0.4) is 0 Å². The number of aryl methyl sites for hydroxylation is 1. The Kier molecular flexibility index (Phi) is 4.46. The predicted molar refractivity (Wildman–Crippen MR) is 66.5 cm³/mol. The van der Waals surface area contributed by atoms with Crippen LogP contribution in [0.25, 0.3) is 11.4 Å². The quantitative estimate of drug-likeness (QED) is 0.885. The van der Waals surface area contributed by atoms with E-state index in [1.54, 1.807) is 0 Å². The SMILES string of the molecule is Cc1nc(-c2ccccc2)nn1CCN.Cl. The smallest absolute Gasteiger partial charge is 0.181 e. The van der Waals surface area contributed by atoms with E-state index in [2.05, 4.69) is 10.1 Å². The molecule has 2 rings (SSSR count). The lowest BCUT2D eigenvalue weighted by molar-refractivity contribution is 0.606. The molecule has 1 aromatic carbocycles. The lowest BCUT2D eigenvalue weighted by Gasteiger charge is -1.97. The van der Waals surface area contributed by atoms with Crippen molar-refractivity contribution in [3.63, 3.8) is 0 Å². The third-order valence-electron chi connectivity index (χ3n) is 2.23. The summed E-state index contributed by atoms with van der Waals surface area (Å²) in [5.74, 6) is 1.67. The number of hydrogen-bond acceptors (Lipinski definition) is 3. The maximum absolute atomic E-state index is 5.49. The van der Waals surface area contributed by atoms with Crippen LogP contribution in [-0.4, -0.2) is 21.3 Å². The van der Waals surface area contributed by atoms with Crippen molar-refractivity contribution in [2.75, 3.05) is 6.54 Å². The maximum atomic E-state index is 5.49. The van der Waals surface area contributed by atoms with Crippen LogP contribution in [0.5, 0.6) is 0 Å². The lowest BCUT2D eigenvalue weighted by Crippen LogP contribution is -2.12. The monoisotopic (exact) mass is 238 g/mol. The lowest BCUT2D eigenvalue weighted by atomic mass is 10.2. The number of benzene rings is 1. The summed E-state index contributed by atoms with van der Waals surface area (Å²) in [5, 5.41) is 4.40. The molecule has 0 fully saturated rings. The Morgan fingerprint density at radius 3 is 2.56 bits per heavy atom. The van der Waals surface area contributed by atoms with Gasteiger partial charge in [0.15, 0.2) is 5.82 Å². The van der Waals surface area contributed by atoms with Gasteiger partial charge in [-0.05, 0) is 6.92 Å². The zero-order chi connectivity index (χ0) is 10.7. The summed E-state index contributed by atoms with van der Waals surface area (Å²) in [6.45, 7) is 3.24. The van der Waals surface area contributed by atoms with Crippen molar-refractivity contribution in [2.45, 2.75) is 13.5 Å². The molecule has 0 saturated carbocycles. The number of aromatic nitrogens is 3. The van der Waals surface area contributed by atoms with E-state index in [0.717, 1.165) is 17.2 Å². The van der Waals surface area contributed by atoms with E-state index in [1.807, 2.05) is 41.9 Å². The summed E-state index contributed by atoms with van der Waals surface area (Å²) in [6.07, 6.45) is 0. The second-order valence-electron chi connectivity index (χ2n) is 3.36. The first-order valence-corrected chi connectivity index (χ1v) is 4.98. The molecule has 86 valence electrons. The van der Waals surface area contributed by atoms with E-state index in [4.69, 9.17) is 5.73 Å². The molecule has 0 aliphatic rings. The zero-order valence-electron chi connectivity index (χ0n) is 9.13. The van der Waals surface area contributed by atoms with Gasteiger partial charge in [0.2, 0.25) is 0 Å². The topological polar surface area (TPSA) is 56.7 Å². The Morgan fingerprint density at radius 2 is 1.94 bits per heavy atom. The first-order chi connectivity index (χ1) is 7.31. The van der Waals surface area contributed by atoms with Gasteiger partial charge in [-0.2, -0.15) is 5.10 Å². The average molecular weight is 239 g/mol. The molecule has 0 spiro atoms. The van der Waals surface area contributed by atoms with Gasteiger partial charge in [-0.25, -0.2) is 9.67 Å². The Morgan fingerprint density at radius 1 is 1.25 bits per heavy atom. The minimum atomic E-state index is 0. The van der Waals surface area contributed by atoms with Gasteiger partial charge in [0, 0.05) is 12.1 Å². The molecular formula is C11H15ClN4. The highest BCUT2D eigenvalue weighted by Gasteiger charge is 2.06. The van der Waals surface area contributed by atoms with Crippen LogP contribution in [0, 0.1) is 6.92 Å². The van der Waals surface area contributed by atoms with Gasteiger partial charge in [0.1, 0.15) is 5.82 Å². The molecule has 5 heteroatoms. The van der Waals surface area contributed by atoms with Crippen LogP contribution in [0.4, 0.5) is 0 Å². The molecule has 0 saturated heterocycles. The standard InChI is InChI=1S/C11H14N4.ClH/c1-9-13-11(14-15(9)8-7-12)10-5-3-2-4-6-10;/h2-6H,7-8,12H2,1H3;1H. The first kappa shape index (κ1) is 12.7. The molecule has 2 N–H and O–H groups in total. The third kappa shape index (κ3) is 2.59. The second-order valence-corrected chi connectivity index (χ2v) is 3.36. The predicted octanol–water partition coefficient (Wildman–Crippen LogP) is 1.63. The molecule has 0 unspecified atom stereocenters. The largest absolute Gasteiger partial charge is 0.329 e. The minimum absolute atomic E-state index is 0. The highest BCUT2D eigenvalue weighted by Crippen LogP contribution is 2.14. The number of rotatable bonds is 3. The third-order valence-corrected chi connectivity index (χ3v) is 2.23. The van der Waals surface area contributed by atoms with Gasteiger partial charge in [0.05, 0.1) is 6.54 Å². The number of halogens is 1. The number of nitrogens with two attached hydrogens (primary N) is 1. The van der Waals surface area contributed by atoms with E-state index >= 15 is 0 Å². The molecule has 4 nitrogen and oxygen atoms in total. The minimum Gasteiger partial charge on any atom is -0.329 e. The van der Waals surface area contributed by atoms with Crippen molar-refractivity contribution in [3.05, 3.63) is 36.2 Å². The second kappa shape index (κ2) is 5.63. The van der Waals surface area contributed by atoms with Crippen LogP contribution in [0.2, 0.25) is 0 Å². The summed E-state index contributed by atoms with van der Waals surface area (Å²) >= 11 is 0. The summed E-state index contributed by atoms with van der Waals surface area (Å²) < 4.78 is 1.84. The average Bonchev–Trinajstić information content (AvgIpc) is 2.63. The van der Waals surface area contributed by atoms with Crippen molar-refractivity contribution in [1.29, 1.82) is 0 Å². The van der Waals surface area contributed by atoms with Crippen molar-refractivity contribution in [3.8, 4) is 11.4 Å². The summed E-state index contributed by atoms with van der Waals surface area (Å²) in [5.41, 5.74) is 6.53. The Hall–Kier alpha value is -1.39. The Bertz CT molecular complexity index is 439. The van der Waals surface area contributed by atoms with Crippen LogP contribution in [-0.2, 0) is 6.54 Å². The van der Waals surface area contributed by atoms with Crippen LogP contribution < -0.4 is 5.73 Å². The van der Waals surface area contributed by atoms with Gasteiger partial charge in [-0.15, -0.1) is 12.4 Å². The van der Waals surface area contributed by atoms with Crippen molar-refractivity contribution >= 4 is 12.4 Å². The van der Waals surface area contributed by atoms with Gasteiger partial charge in [0.25, 0.3) is 0 Å². The summed E-state index contributed by atoms with van der Waals surface area (Å²) in [4.78, 5) is 4.40. The molecule has 0 amide bonds. The zero-order valence-corrected chi connectivity index (χ0v) is 9.94. The highest BCUT2D eigenvalue weighted by molar-refractivity contribution is 5.85. The fraction of sp³-hybridized carbons (Fsp3) is 0.273. The Labute approximate surface area is 101 Å². The number of hydrogen-bond donors (Lipinski definition) is 1. The summed E-state index contributed by atoms with van der Waals surface area (Å²) in [6, 6.07) is 9.94. The Balaban J connectivity index is 0.00000128. The van der Waals surface area contributed by atoms with Crippen molar-refractivity contribution < 1.29 is 0 Å². The van der Waals surface area contributed by atoms with Crippen LogP contribution in [0.15, 0.2) is 30.3 Å². The molecule has 0 atom stereocenters. The number of nitrogens with zero attached hydrogens (tertiary/aromatic N) is 3. The van der Waals surface area contributed by atoms with Gasteiger partial charge in [-0.3, -0.25) is 0 Å². The molecule has 0 bridgehead atoms. The maximum Gasteiger partial charge on any atom is 0.181 e. The fourth-order valence-corrected chi connectivity index (χ4v) is 1.46. The normalized spacial score (nSPS) is 9.88. The van der Waals surface area contributed by atoms with Crippen LogP contribution >= 0.6 is 12.4 Å². The molecule has 1 heterocycles. The first-order valence-electron chi connectivity index (χ1n) is 4.98. The van der Waals surface area contributed by atoms with Crippen molar-refractivity contribution in [1.82, 2.24) is 14.8 Å². The van der Waals surface area contributed by atoms with Crippen molar-refractivity contribution in [2.24, 2.45) is 5.73 Å². The van der Waals surface area contributed by atoms with Gasteiger partial charge in [-0.1, -0.05) is 30.3 Å². The highest BCUT2D eigenvalue weighted by atomic mass is 35.5. The van der Waals surface area contributed by atoms with E-state index in [-0.39, 0.29) is 12.4 Å². The molecule has 1 aromatic heterocycles. The molecule has 0 aliphatic heterocycles. The van der Waals surface area contributed by atoms with Crippen LogP contribution in [0.1, 0.15) is 5.82 Å². The van der Waals surface area contributed by atoms with E-state index < -0.39 is 0 Å². The molecule has 2 aromatic rings. The molecular weight excluding hydrogens is 224 g/mol. The molecule has 0 radical (unpaired) electrons. The van der Waals surface area contributed by atoms with Gasteiger partial charge < -0.3 is 5.73 Å². The molecule has 0 aliphatic carbocycles. The summed E-state index contributed by atoms with van der Waals surface area (Å²) in [7, 11) is 0. The van der Waals surface area contributed by atoms with E-state index in [9.17, 15) is 0 Å². The van der Waals surface area contributed by atoms with Gasteiger partial charge >= 0.3 is 0 Å². The fourth-order valence-electron chi connectivity index (χ4n) is 1.46. The van der Waals surface area contributed by atoms with E-state index in [0.29, 0.717) is 13.1 Å².